The maximum atomic E-state index is 11.7. The van der Waals surface area contributed by atoms with Gasteiger partial charge in [0.05, 0.1) is 12.7 Å². The molecule has 0 saturated heterocycles. The quantitative estimate of drug-likeness (QED) is 0.794. The Morgan fingerprint density at radius 3 is 2.65 bits per heavy atom. The predicted octanol–water partition coefficient (Wildman–Crippen LogP) is 2.78. The van der Waals surface area contributed by atoms with Gasteiger partial charge in [-0.15, -0.1) is 0 Å². The SMILES string of the molecule is CCC(=O)[C@@H](C)[C@@H](O)[C@@H](C)COc1ccc2ccc(=O)oc2c1. The summed E-state index contributed by atoms with van der Waals surface area (Å²) < 4.78 is 10.8. The monoisotopic (exact) mass is 318 g/mol. The summed E-state index contributed by atoms with van der Waals surface area (Å²) in [6, 6.07) is 8.29. The Balaban J connectivity index is 2.02. The number of ketones is 1. The van der Waals surface area contributed by atoms with Crippen LogP contribution in [0.5, 0.6) is 5.75 Å². The number of Topliss-reactive ketones (excluding diaryl/α,β-unsaturated/α-hetero) is 1. The lowest BCUT2D eigenvalue weighted by atomic mass is 9.90. The van der Waals surface area contributed by atoms with Crippen molar-refractivity contribution in [2.45, 2.75) is 33.3 Å². The van der Waals surface area contributed by atoms with Crippen LogP contribution in [0.15, 0.2) is 39.5 Å². The largest absolute Gasteiger partial charge is 0.493 e. The molecule has 1 aromatic carbocycles. The Hall–Kier alpha value is -2.14. The molecule has 0 saturated carbocycles. The Morgan fingerprint density at radius 1 is 1.26 bits per heavy atom. The van der Waals surface area contributed by atoms with E-state index < -0.39 is 17.6 Å². The van der Waals surface area contributed by atoms with E-state index in [-0.39, 0.29) is 18.3 Å². The lowest BCUT2D eigenvalue weighted by Crippen LogP contribution is -2.34. The molecular weight excluding hydrogens is 296 g/mol. The first-order chi connectivity index (χ1) is 10.9. The first-order valence-corrected chi connectivity index (χ1v) is 7.80. The standard InChI is InChI=1S/C18H22O5/c1-4-15(19)12(3)18(21)11(2)10-22-14-7-5-13-6-8-17(20)23-16(13)9-14/h5-9,11-12,18,21H,4,10H2,1-3H3/t11-,12+,18-/m0/s1. The van der Waals surface area contributed by atoms with Gasteiger partial charge < -0.3 is 14.3 Å². The van der Waals surface area contributed by atoms with E-state index in [1.807, 2.05) is 6.92 Å². The molecule has 5 heteroatoms. The van der Waals surface area contributed by atoms with Crippen LogP contribution in [0.25, 0.3) is 11.0 Å². The summed E-state index contributed by atoms with van der Waals surface area (Å²) in [7, 11) is 0. The van der Waals surface area contributed by atoms with Crippen molar-refractivity contribution < 1.29 is 19.1 Å². The fourth-order valence-corrected chi connectivity index (χ4v) is 2.46. The summed E-state index contributed by atoms with van der Waals surface area (Å²) in [5.41, 5.74) is 0.0445. The van der Waals surface area contributed by atoms with Crippen molar-refractivity contribution in [1.82, 2.24) is 0 Å². The Kier molecular flexibility index (Phi) is 5.55. The number of benzene rings is 1. The maximum absolute atomic E-state index is 11.7. The molecule has 0 aliphatic heterocycles. The van der Waals surface area contributed by atoms with Crippen molar-refractivity contribution in [1.29, 1.82) is 0 Å². The molecule has 5 nitrogen and oxygen atoms in total. The van der Waals surface area contributed by atoms with Crippen LogP contribution in [-0.2, 0) is 4.79 Å². The molecule has 1 heterocycles. The summed E-state index contributed by atoms with van der Waals surface area (Å²) in [6.45, 7) is 5.63. The van der Waals surface area contributed by atoms with E-state index in [0.717, 1.165) is 5.39 Å². The molecule has 0 fully saturated rings. The first kappa shape index (κ1) is 17.2. The molecule has 2 aromatic rings. The number of aliphatic hydroxyl groups is 1. The molecule has 1 N–H and O–H groups in total. The van der Waals surface area contributed by atoms with Crippen molar-refractivity contribution in [2.24, 2.45) is 11.8 Å². The van der Waals surface area contributed by atoms with Gasteiger partial charge in [-0.1, -0.05) is 20.8 Å². The predicted molar refractivity (Wildman–Crippen MR) is 87.6 cm³/mol. The molecule has 0 amide bonds. The molecule has 23 heavy (non-hydrogen) atoms. The molecule has 0 radical (unpaired) electrons. The topological polar surface area (TPSA) is 76.7 Å². The van der Waals surface area contributed by atoms with E-state index in [9.17, 15) is 14.7 Å². The number of carbonyl (C=O) groups excluding carboxylic acids is 1. The molecule has 0 aliphatic rings. The zero-order valence-corrected chi connectivity index (χ0v) is 13.6. The van der Waals surface area contributed by atoms with Gasteiger partial charge in [0.1, 0.15) is 17.1 Å². The van der Waals surface area contributed by atoms with Gasteiger partial charge in [-0.25, -0.2) is 4.79 Å². The molecule has 0 bridgehead atoms. The Morgan fingerprint density at radius 2 is 1.96 bits per heavy atom. The van der Waals surface area contributed by atoms with E-state index in [0.29, 0.717) is 17.8 Å². The van der Waals surface area contributed by atoms with Gasteiger partial charge in [0.15, 0.2) is 0 Å². The second-order valence-corrected chi connectivity index (χ2v) is 5.84. The fraction of sp³-hybridized carbons (Fsp3) is 0.444. The van der Waals surface area contributed by atoms with E-state index in [4.69, 9.17) is 9.15 Å². The van der Waals surface area contributed by atoms with Gasteiger partial charge >= 0.3 is 5.63 Å². The third kappa shape index (κ3) is 4.20. The molecule has 0 unspecified atom stereocenters. The highest BCUT2D eigenvalue weighted by Gasteiger charge is 2.26. The number of carbonyl (C=O) groups is 1. The zero-order valence-electron chi connectivity index (χ0n) is 13.6. The average molecular weight is 318 g/mol. The number of rotatable bonds is 7. The summed E-state index contributed by atoms with van der Waals surface area (Å²) in [6.07, 6.45) is -0.337. The Bertz CT molecular complexity index is 734. The van der Waals surface area contributed by atoms with Crippen LogP contribution in [0, 0.1) is 11.8 Å². The highest BCUT2D eigenvalue weighted by molar-refractivity contribution is 5.80. The molecule has 124 valence electrons. The lowest BCUT2D eigenvalue weighted by molar-refractivity contribution is -0.126. The van der Waals surface area contributed by atoms with Crippen LogP contribution in [0.2, 0.25) is 0 Å². The lowest BCUT2D eigenvalue weighted by Gasteiger charge is -2.23. The fourth-order valence-electron chi connectivity index (χ4n) is 2.46. The third-order valence-corrected chi connectivity index (χ3v) is 4.06. The van der Waals surface area contributed by atoms with Crippen LogP contribution >= 0.6 is 0 Å². The molecule has 2 rings (SSSR count). The molecule has 3 atom stereocenters. The highest BCUT2D eigenvalue weighted by Crippen LogP contribution is 2.21. The van der Waals surface area contributed by atoms with Crippen LogP contribution in [0.4, 0.5) is 0 Å². The van der Waals surface area contributed by atoms with Crippen molar-refractivity contribution >= 4 is 16.8 Å². The van der Waals surface area contributed by atoms with E-state index in [1.165, 1.54) is 6.07 Å². The van der Waals surface area contributed by atoms with Gasteiger partial charge in [0.2, 0.25) is 0 Å². The summed E-state index contributed by atoms with van der Waals surface area (Å²) in [5.74, 6) is -0.00981. The van der Waals surface area contributed by atoms with Crippen LogP contribution in [0.1, 0.15) is 27.2 Å². The number of fused-ring (bicyclic) bond motifs is 1. The van der Waals surface area contributed by atoms with E-state index in [2.05, 4.69) is 0 Å². The number of aliphatic hydroxyl groups excluding tert-OH is 1. The van der Waals surface area contributed by atoms with Crippen LogP contribution in [-0.4, -0.2) is 23.6 Å². The van der Waals surface area contributed by atoms with Crippen molar-refractivity contribution in [2.75, 3.05) is 6.61 Å². The molecular formula is C18H22O5. The molecule has 0 aliphatic carbocycles. The normalized spacial score (nSPS) is 15.1. The zero-order chi connectivity index (χ0) is 17.0. The van der Waals surface area contributed by atoms with E-state index in [1.54, 1.807) is 38.1 Å². The highest BCUT2D eigenvalue weighted by atomic mass is 16.5. The summed E-state index contributed by atoms with van der Waals surface area (Å²) in [5, 5.41) is 11.0. The number of hydrogen-bond donors (Lipinski definition) is 1. The smallest absolute Gasteiger partial charge is 0.336 e. The molecule has 1 aromatic heterocycles. The number of hydrogen-bond acceptors (Lipinski definition) is 5. The van der Waals surface area contributed by atoms with Gasteiger partial charge in [-0.05, 0) is 18.2 Å². The maximum Gasteiger partial charge on any atom is 0.336 e. The van der Waals surface area contributed by atoms with Crippen molar-refractivity contribution in [3.63, 3.8) is 0 Å². The van der Waals surface area contributed by atoms with Crippen molar-refractivity contribution in [3.8, 4) is 5.75 Å². The summed E-state index contributed by atoms with van der Waals surface area (Å²) >= 11 is 0. The van der Waals surface area contributed by atoms with Crippen LogP contribution < -0.4 is 10.4 Å². The van der Waals surface area contributed by atoms with Crippen LogP contribution in [0.3, 0.4) is 0 Å². The van der Waals surface area contributed by atoms with Gasteiger partial charge in [0, 0.05) is 35.8 Å². The average Bonchev–Trinajstić information content (AvgIpc) is 2.57. The minimum absolute atomic E-state index is 0.0387. The molecule has 0 spiro atoms. The van der Waals surface area contributed by atoms with E-state index >= 15 is 0 Å². The minimum Gasteiger partial charge on any atom is -0.493 e. The van der Waals surface area contributed by atoms with Crippen molar-refractivity contribution in [3.05, 3.63) is 40.8 Å². The van der Waals surface area contributed by atoms with Gasteiger partial charge in [-0.2, -0.15) is 0 Å². The van der Waals surface area contributed by atoms with Gasteiger partial charge in [-0.3, -0.25) is 4.79 Å². The minimum atomic E-state index is -0.749. The second-order valence-electron chi connectivity index (χ2n) is 5.84. The van der Waals surface area contributed by atoms with Gasteiger partial charge in [0.25, 0.3) is 0 Å². The summed E-state index contributed by atoms with van der Waals surface area (Å²) in [4.78, 5) is 22.9. The Labute approximate surface area is 134 Å². The number of ether oxygens (including phenoxy) is 1. The first-order valence-electron chi connectivity index (χ1n) is 7.80. The third-order valence-electron chi connectivity index (χ3n) is 4.06. The second kappa shape index (κ2) is 7.42.